The van der Waals surface area contributed by atoms with Crippen LogP contribution in [0, 0.1) is 11.3 Å². The van der Waals surface area contributed by atoms with Gasteiger partial charge in [-0.2, -0.15) is 0 Å². The third kappa shape index (κ3) is 2.35. The van der Waals surface area contributed by atoms with Gasteiger partial charge in [0.1, 0.15) is 5.75 Å². The Labute approximate surface area is 143 Å². The lowest BCUT2D eigenvalue weighted by Gasteiger charge is -2.48. The Morgan fingerprint density at radius 2 is 1.83 bits per heavy atom. The molecule has 2 aliphatic rings. The molecule has 1 fully saturated rings. The molecule has 3 rings (SSSR count). The van der Waals surface area contributed by atoms with E-state index in [4.69, 9.17) is 4.74 Å². The molecule has 0 saturated heterocycles. The Morgan fingerprint density at radius 1 is 1.17 bits per heavy atom. The van der Waals surface area contributed by atoms with Gasteiger partial charge in [-0.05, 0) is 47.4 Å². The van der Waals surface area contributed by atoms with Crippen LogP contribution in [0.5, 0.6) is 5.75 Å². The van der Waals surface area contributed by atoms with Gasteiger partial charge >= 0.3 is 11.9 Å². The maximum atomic E-state index is 12.7. The maximum absolute atomic E-state index is 12.7. The van der Waals surface area contributed by atoms with E-state index in [1.54, 1.807) is 12.1 Å². The molecule has 0 bridgehead atoms. The SMILES string of the molecule is CC(C)c1cc2c(cc1O)C1(C)CCCC(C)(C)C1C(=O)OC2=O. The highest BCUT2D eigenvalue weighted by molar-refractivity contribution is 6.01. The van der Waals surface area contributed by atoms with Crippen LogP contribution in [0.1, 0.15) is 81.3 Å². The monoisotopic (exact) mass is 330 g/mol. The molecule has 1 saturated carbocycles. The standard InChI is InChI=1S/C20H26O4/c1-11(2)12-9-13-14(10-15(12)21)20(5)8-6-7-19(3,4)16(20)18(23)24-17(13)22/h9-11,16,21H,6-8H2,1-5H3. The average molecular weight is 330 g/mol. The zero-order valence-electron chi connectivity index (χ0n) is 15.1. The highest BCUT2D eigenvalue weighted by Crippen LogP contribution is 2.55. The number of ether oxygens (including phenoxy) is 1. The van der Waals surface area contributed by atoms with Gasteiger partial charge in [0.15, 0.2) is 0 Å². The Bertz CT molecular complexity index is 717. The van der Waals surface area contributed by atoms with Gasteiger partial charge in [-0.25, -0.2) is 4.79 Å². The van der Waals surface area contributed by atoms with Gasteiger partial charge in [0.05, 0.1) is 11.5 Å². The van der Waals surface area contributed by atoms with Crippen molar-refractivity contribution in [2.45, 2.75) is 65.2 Å². The molecule has 130 valence electrons. The third-order valence-corrected chi connectivity index (χ3v) is 5.99. The molecule has 1 aliphatic heterocycles. The second-order valence-electron chi connectivity index (χ2n) is 8.51. The third-order valence-electron chi connectivity index (χ3n) is 5.99. The fourth-order valence-corrected chi connectivity index (χ4v) is 4.85. The Balaban J connectivity index is 2.29. The molecule has 4 nitrogen and oxygen atoms in total. The maximum Gasteiger partial charge on any atom is 0.346 e. The van der Waals surface area contributed by atoms with Crippen molar-refractivity contribution in [3.63, 3.8) is 0 Å². The minimum Gasteiger partial charge on any atom is -0.508 e. The van der Waals surface area contributed by atoms with Crippen LogP contribution in [0.4, 0.5) is 0 Å². The summed E-state index contributed by atoms with van der Waals surface area (Å²) in [6, 6.07) is 3.40. The molecule has 0 amide bonds. The number of hydrogen-bond acceptors (Lipinski definition) is 4. The molecule has 2 unspecified atom stereocenters. The summed E-state index contributed by atoms with van der Waals surface area (Å²) >= 11 is 0. The summed E-state index contributed by atoms with van der Waals surface area (Å²) in [5, 5.41) is 10.5. The minimum atomic E-state index is -0.594. The Kier molecular flexibility index (Phi) is 3.78. The fraction of sp³-hybridized carbons (Fsp3) is 0.600. The van der Waals surface area contributed by atoms with Crippen LogP contribution in [0.3, 0.4) is 0 Å². The van der Waals surface area contributed by atoms with Crippen LogP contribution in [-0.4, -0.2) is 17.0 Å². The number of esters is 2. The highest BCUT2D eigenvalue weighted by atomic mass is 16.6. The first-order valence-corrected chi connectivity index (χ1v) is 8.71. The first-order chi connectivity index (χ1) is 11.1. The van der Waals surface area contributed by atoms with Crippen LogP contribution < -0.4 is 0 Å². The summed E-state index contributed by atoms with van der Waals surface area (Å²) < 4.78 is 5.22. The predicted molar refractivity (Wildman–Crippen MR) is 91.1 cm³/mol. The fourth-order valence-electron chi connectivity index (χ4n) is 4.85. The van der Waals surface area contributed by atoms with Gasteiger partial charge in [0.2, 0.25) is 0 Å². The van der Waals surface area contributed by atoms with E-state index in [0.29, 0.717) is 11.1 Å². The second kappa shape index (κ2) is 5.33. The number of carbonyl (C=O) groups is 2. The summed E-state index contributed by atoms with van der Waals surface area (Å²) in [5.41, 5.74) is 1.12. The summed E-state index contributed by atoms with van der Waals surface area (Å²) in [7, 11) is 0. The molecule has 1 aliphatic carbocycles. The van der Waals surface area contributed by atoms with Gasteiger partial charge < -0.3 is 9.84 Å². The quantitative estimate of drug-likeness (QED) is 0.616. The van der Waals surface area contributed by atoms with Crippen molar-refractivity contribution in [2.24, 2.45) is 11.3 Å². The average Bonchev–Trinajstić information content (AvgIpc) is 2.52. The highest BCUT2D eigenvalue weighted by Gasteiger charge is 2.55. The van der Waals surface area contributed by atoms with Crippen LogP contribution in [0.15, 0.2) is 12.1 Å². The van der Waals surface area contributed by atoms with Crippen LogP contribution in [0.2, 0.25) is 0 Å². The predicted octanol–water partition coefficient (Wildman–Crippen LogP) is 4.30. The lowest BCUT2D eigenvalue weighted by atomic mass is 9.54. The molecule has 4 heteroatoms. The first-order valence-electron chi connectivity index (χ1n) is 8.71. The molecule has 0 aromatic heterocycles. The number of phenolic OH excluding ortho intramolecular Hbond substituents is 1. The topological polar surface area (TPSA) is 63.6 Å². The lowest BCUT2D eigenvalue weighted by molar-refractivity contribution is -0.152. The molecule has 24 heavy (non-hydrogen) atoms. The summed E-state index contributed by atoms with van der Waals surface area (Å²) in [5.74, 6) is -1.16. The van der Waals surface area contributed by atoms with E-state index in [1.165, 1.54) is 0 Å². The van der Waals surface area contributed by atoms with Crippen molar-refractivity contribution >= 4 is 11.9 Å². The summed E-state index contributed by atoms with van der Waals surface area (Å²) in [6.07, 6.45) is 2.70. The number of fused-ring (bicyclic) bond motifs is 3. The smallest absolute Gasteiger partial charge is 0.346 e. The van der Waals surface area contributed by atoms with Gasteiger partial charge in [-0.1, -0.05) is 41.0 Å². The molecular weight excluding hydrogens is 304 g/mol. The van der Waals surface area contributed by atoms with Gasteiger partial charge in [0, 0.05) is 5.41 Å². The van der Waals surface area contributed by atoms with E-state index in [1.807, 2.05) is 20.8 Å². The molecule has 1 aromatic rings. The van der Waals surface area contributed by atoms with Crippen LogP contribution in [0.25, 0.3) is 0 Å². The summed E-state index contributed by atoms with van der Waals surface area (Å²) in [6.45, 7) is 10.1. The van der Waals surface area contributed by atoms with E-state index in [2.05, 4.69) is 13.8 Å². The van der Waals surface area contributed by atoms with E-state index in [9.17, 15) is 14.7 Å². The van der Waals surface area contributed by atoms with Gasteiger partial charge in [-0.15, -0.1) is 0 Å². The number of aromatic hydroxyl groups is 1. The van der Waals surface area contributed by atoms with E-state index >= 15 is 0 Å². The lowest BCUT2D eigenvalue weighted by Crippen LogP contribution is -2.49. The molecule has 0 radical (unpaired) electrons. The van der Waals surface area contributed by atoms with Crippen molar-refractivity contribution in [1.29, 1.82) is 0 Å². The van der Waals surface area contributed by atoms with Crippen molar-refractivity contribution < 1.29 is 19.4 Å². The van der Waals surface area contributed by atoms with E-state index < -0.39 is 23.3 Å². The first kappa shape index (κ1) is 17.0. The number of hydrogen-bond donors (Lipinski definition) is 1. The van der Waals surface area contributed by atoms with Crippen molar-refractivity contribution in [1.82, 2.24) is 0 Å². The Hall–Kier alpha value is -1.84. The van der Waals surface area contributed by atoms with E-state index in [0.717, 1.165) is 24.8 Å². The number of benzene rings is 1. The molecule has 1 N–H and O–H groups in total. The Morgan fingerprint density at radius 3 is 2.46 bits per heavy atom. The molecule has 1 heterocycles. The van der Waals surface area contributed by atoms with Crippen molar-refractivity contribution in [3.8, 4) is 5.75 Å². The van der Waals surface area contributed by atoms with Crippen LogP contribution in [-0.2, 0) is 14.9 Å². The van der Waals surface area contributed by atoms with Crippen LogP contribution >= 0.6 is 0 Å². The largest absolute Gasteiger partial charge is 0.508 e. The van der Waals surface area contributed by atoms with Crippen molar-refractivity contribution in [3.05, 3.63) is 28.8 Å². The number of rotatable bonds is 1. The van der Waals surface area contributed by atoms with Gasteiger partial charge in [0.25, 0.3) is 0 Å². The zero-order chi connectivity index (χ0) is 17.9. The molecule has 0 spiro atoms. The number of carbonyl (C=O) groups excluding carboxylic acids is 2. The molecule has 1 aromatic carbocycles. The van der Waals surface area contributed by atoms with Crippen molar-refractivity contribution in [2.75, 3.05) is 0 Å². The zero-order valence-corrected chi connectivity index (χ0v) is 15.1. The number of phenols is 1. The molecular formula is C20H26O4. The normalized spacial score (nSPS) is 28.8. The van der Waals surface area contributed by atoms with E-state index in [-0.39, 0.29) is 17.1 Å². The minimum absolute atomic E-state index is 0.0773. The number of cyclic esters (lactones) is 2. The van der Waals surface area contributed by atoms with Gasteiger partial charge in [-0.3, -0.25) is 4.79 Å². The summed E-state index contributed by atoms with van der Waals surface area (Å²) in [4.78, 5) is 25.3. The molecule has 2 atom stereocenters. The second-order valence-corrected chi connectivity index (χ2v) is 8.51.